The maximum absolute atomic E-state index is 13.7. The fourth-order valence-corrected chi connectivity index (χ4v) is 1.54. The molecule has 0 spiro atoms. The van der Waals surface area contributed by atoms with E-state index in [4.69, 9.17) is 5.11 Å². The summed E-state index contributed by atoms with van der Waals surface area (Å²) in [6.07, 6.45) is -2.98. The van der Waals surface area contributed by atoms with Crippen molar-refractivity contribution in [2.45, 2.75) is 13.1 Å². The average molecular weight is 268 g/mol. The normalized spacial score (nSPS) is 28.4. The van der Waals surface area contributed by atoms with Crippen LogP contribution >= 0.6 is 0 Å². The van der Waals surface area contributed by atoms with Gasteiger partial charge in [0.25, 0.3) is 0 Å². The number of carbonyl (C=O) groups is 2. The van der Waals surface area contributed by atoms with Gasteiger partial charge in [-0.1, -0.05) is 0 Å². The van der Waals surface area contributed by atoms with Gasteiger partial charge >= 0.3 is 11.9 Å². The number of carboxylic acid groups (broad SMARTS) is 1. The molecule has 1 aliphatic carbocycles. The first-order valence-electron chi connectivity index (χ1n) is 4.61. The molecule has 0 heterocycles. The molecule has 8 heteroatoms. The number of carboxylic acids is 1. The zero-order valence-electron chi connectivity index (χ0n) is 9.26. The first-order valence-corrected chi connectivity index (χ1v) is 4.61. The summed E-state index contributed by atoms with van der Waals surface area (Å²) in [5.74, 6) is -9.92. The minimum Gasteiger partial charge on any atom is -0.477 e. The van der Waals surface area contributed by atoms with Crippen molar-refractivity contribution in [3.63, 3.8) is 0 Å². The van der Waals surface area contributed by atoms with Crippen LogP contribution in [0.5, 0.6) is 0 Å². The van der Waals surface area contributed by atoms with Gasteiger partial charge in [0.2, 0.25) is 0 Å². The van der Waals surface area contributed by atoms with E-state index in [-0.39, 0.29) is 0 Å². The molecule has 0 bridgehead atoms. The molecule has 0 aromatic carbocycles. The van der Waals surface area contributed by atoms with Crippen molar-refractivity contribution < 1.29 is 37.0 Å². The molecular weight excluding hydrogens is 260 g/mol. The number of hydrogen-bond acceptors (Lipinski definition) is 3. The second-order valence-corrected chi connectivity index (χ2v) is 3.71. The molecule has 0 amide bonds. The third-order valence-corrected chi connectivity index (χ3v) is 2.66. The van der Waals surface area contributed by atoms with E-state index in [2.05, 4.69) is 4.74 Å². The van der Waals surface area contributed by atoms with Crippen molar-refractivity contribution in [3.8, 4) is 0 Å². The summed E-state index contributed by atoms with van der Waals surface area (Å²) in [5.41, 5.74) is -4.64. The molecule has 2 atom stereocenters. The molecule has 0 fully saturated rings. The molecule has 0 aromatic rings. The van der Waals surface area contributed by atoms with Gasteiger partial charge in [0.15, 0.2) is 29.1 Å². The van der Waals surface area contributed by atoms with Gasteiger partial charge in [-0.05, 0) is 6.92 Å². The quantitative estimate of drug-likeness (QED) is 0.614. The van der Waals surface area contributed by atoms with Gasteiger partial charge in [-0.15, -0.1) is 0 Å². The number of carbonyl (C=O) groups excluding carboxylic acids is 1. The van der Waals surface area contributed by atoms with Crippen LogP contribution in [0.1, 0.15) is 6.92 Å². The van der Waals surface area contributed by atoms with Crippen molar-refractivity contribution >= 4 is 11.9 Å². The summed E-state index contributed by atoms with van der Waals surface area (Å²) in [5, 5.41) is 8.46. The van der Waals surface area contributed by atoms with Crippen molar-refractivity contribution in [2.75, 3.05) is 7.11 Å². The van der Waals surface area contributed by atoms with E-state index >= 15 is 0 Å². The number of halogens is 4. The Hall–Kier alpha value is -1.86. The third kappa shape index (κ3) is 1.68. The Bertz CT molecular complexity index is 482. The Labute approximate surface area is 98.5 Å². The molecular formula is C10H8F4O4. The molecule has 1 aliphatic rings. The summed E-state index contributed by atoms with van der Waals surface area (Å²) in [7, 11) is 0.778. The molecule has 100 valence electrons. The standard InChI is InChI=1S/C10H8F4O4/c1-10(9(17)18-2)6(13)4(11)3(8(15)16)5(12)7(10)14/h6H,1-2H3,(H,15,16). The predicted molar refractivity (Wildman–Crippen MR) is 50.0 cm³/mol. The van der Waals surface area contributed by atoms with Crippen molar-refractivity contribution in [1.29, 1.82) is 0 Å². The Kier molecular flexibility index (Phi) is 3.50. The van der Waals surface area contributed by atoms with Crippen LogP contribution in [0, 0.1) is 5.41 Å². The monoisotopic (exact) mass is 268 g/mol. The number of allylic oxidation sites excluding steroid dienone is 1. The van der Waals surface area contributed by atoms with Crippen molar-refractivity contribution in [1.82, 2.24) is 0 Å². The molecule has 0 saturated heterocycles. The Morgan fingerprint density at radius 1 is 1.33 bits per heavy atom. The largest absolute Gasteiger partial charge is 0.477 e. The number of methoxy groups -OCH3 is 1. The van der Waals surface area contributed by atoms with E-state index < -0.39 is 46.6 Å². The van der Waals surface area contributed by atoms with Crippen LogP contribution in [0.25, 0.3) is 0 Å². The molecule has 4 nitrogen and oxygen atoms in total. The molecule has 2 unspecified atom stereocenters. The lowest BCUT2D eigenvalue weighted by atomic mass is 9.78. The summed E-state index contributed by atoms with van der Waals surface area (Å²) in [4.78, 5) is 21.7. The highest BCUT2D eigenvalue weighted by molar-refractivity contribution is 5.94. The maximum atomic E-state index is 13.7. The first-order chi connectivity index (χ1) is 8.19. The van der Waals surface area contributed by atoms with Crippen LogP contribution < -0.4 is 0 Å². The maximum Gasteiger partial charge on any atom is 0.341 e. The van der Waals surface area contributed by atoms with Crippen LogP contribution in [0.15, 0.2) is 23.1 Å². The molecule has 0 aromatic heterocycles. The number of esters is 1. The summed E-state index contributed by atoms with van der Waals surface area (Å²) < 4.78 is 58.1. The smallest absolute Gasteiger partial charge is 0.341 e. The van der Waals surface area contributed by atoms with E-state index in [0.29, 0.717) is 6.92 Å². The second kappa shape index (κ2) is 4.43. The van der Waals surface area contributed by atoms with Gasteiger partial charge in [-0.3, -0.25) is 4.79 Å². The fraction of sp³-hybridized carbons (Fsp3) is 0.400. The van der Waals surface area contributed by atoms with Crippen LogP contribution in [-0.2, 0) is 14.3 Å². The Balaban J connectivity index is 3.52. The summed E-state index contributed by atoms with van der Waals surface area (Å²) >= 11 is 0. The van der Waals surface area contributed by atoms with Gasteiger partial charge < -0.3 is 9.84 Å². The average Bonchev–Trinajstić information content (AvgIpc) is 2.32. The van der Waals surface area contributed by atoms with Crippen molar-refractivity contribution in [3.05, 3.63) is 23.1 Å². The lowest BCUT2D eigenvalue weighted by Crippen LogP contribution is -2.43. The van der Waals surface area contributed by atoms with Crippen LogP contribution in [-0.4, -0.2) is 30.3 Å². The highest BCUT2D eigenvalue weighted by atomic mass is 19.2. The molecule has 1 rings (SSSR count). The Morgan fingerprint density at radius 2 is 1.83 bits per heavy atom. The van der Waals surface area contributed by atoms with Gasteiger partial charge in [0.05, 0.1) is 7.11 Å². The van der Waals surface area contributed by atoms with Crippen molar-refractivity contribution in [2.24, 2.45) is 5.41 Å². The summed E-state index contributed by atoms with van der Waals surface area (Å²) in [6.45, 7) is 0.580. The second-order valence-electron chi connectivity index (χ2n) is 3.71. The molecule has 0 radical (unpaired) electrons. The van der Waals surface area contributed by atoms with Gasteiger partial charge in [-0.2, -0.15) is 0 Å². The highest BCUT2D eigenvalue weighted by Crippen LogP contribution is 2.47. The van der Waals surface area contributed by atoms with Gasteiger partial charge in [0, 0.05) is 0 Å². The number of rotatable bonds is 2. The predicted octanol–water partition coefficient (Wildman–Crippen LogP) is 1.98. The van der Waals surface area contributed by atoms with E-state index in [1.54, 1.807) is 0 Å². The minimum atomic E-state index is -2.98. The lowest BCUT2D eigenvalue weighted by molar-refractivity contribution is -0.154. The van der Waals surface area contributed by atoms with E-state index in [9.17, 15) is 27.2 Å². The lowest BCUT2D eigenvalue weighted by Gasteiger charge is -2.31. The van der Waals surface area contributed by atoms with Gasteiger partial charge in [0.1, 0.15) is 5.57 Å². The fourth-order valence-electron chi connectivity index (χ4n) is 1.54. The molecule has 1 N–H and O–H groups in total. The van der Waals surface area contributed by atoms with Crippen LogP contribution in [0.3, 0.4) is 0 Å². The summed E-state index contributed by atoms with van der Waals surface area (Å²) in [6, 6.07) is 0. The van der Waals surface area contributed by atoms with Crippen LogP contribution in [0.2, 0.25) is 0 Å². The number of ether oxygens (including phenoxy) is 1. The molecule has 0 saturated carbocycles. The molecule has 0 aliphatic heterocycles. The van der Waals surface area contributed by atoms with E-state index in [1.807, 2.05) is 0 Å². The number of alkyl halides is 1. The number of aliphatic carboxylic acids is 1. The van der Waals surface area contributed by atoms with Crippen LogP contribution in [0.4, 0.5) is 17.6 Å². The number of hydrogen-bond donors (Lipinski definition) is 1. The van der Waals surface area contributed by atoms with E-state index in [0.717, 1.165) is 7.11 Å². The Morgan fingerprint density at radius 3 is 2.22 bits per heavy atom. The first kappa shape index (κ1) is 14.2. The van der Waals surface area contributed by atoms with E-state index in [1.165, 1.54) is 0 Å². The third-order valence-electron chi connectivity index (χ3n) is 2.66. The SMILES string of the molecule is COC(=O)C1(C)C(F)=C(F)C(C(=O)O)=C(F)C1F. The van der Waals surface area contributed by atoms with Gasteiger partial charge in [-0.25, -0.2) is 22.4 Å². The molecule has 18 heavy (non-hydrogen) atoms. The zero-order chi connectivity index (χ0) is 14.2. The zero-order valence-corrected chi connectivity index (χ0v) is 9.26. The topological polar surface area (TPSA) is 63.6 Å². The highest BCUT2D eigenvalue weighted by Gasteiger charge is 2.56. The minimum absolute atomic E-state index is 0.580.